The van der Waals surface area contributed by atoms with Crippen molar-refractivity contribution in [2.75, 3.05) is 17.6 Å². The average molecular weight is 451 g/mol. The van der Waals surface area contributed by atoms with E-state index in [9.17, 15) is 4.39 Å². The van der Waals surface area contributed by atoms with Crippen molar-refractivity contribution in [3.8, 4) is 22.5 Å². The molecule has 0 aliphatic rings. The molecule has 1 atom stereocenters. The van der Waals surface area contributed by atoms with Gasteiger partial charge in [-0.2, -0.15) is 0 Å². The van der Waals surface area contributed by atoms with Gasteiger partial charge in [-0.1, -0.05) is 49.4 Å². The third-order valence-corrected chi connectivity index (χ3v) is 5.68. The molecule has 1 unspecified atom stereocenters. The maximum absolute atomic E-state index is 13.2. The van der Waals surface area contributed by atoms with Crippen LogP contribution in [0.1, 0.15) is 18.5 Å². The maximum atomic E-state index is 13.2. The summed E-state index contributed by atoms with van der Waals surface area (Å²) in [4.78, 5) is 18.2. The summed E-state index contributed by atoms with van der Waals surface area (Å²) in [5, 5.41) is 4.32. The summed E-state index contributed by atoms with van der Waals surface area (Å²) in [5.74, 6) is 0.468. The normalized spacial score (nSPS) is 11.9. The van der Waals surface area contributed by atoms with Gasteiger partial charge >= 0.3 is 0 Å². The second kappa shape index (κ2) is 9.23. The summed E-state index contributed by atoms with van der Waals surface area (Å²) in [5.41, 5.74) is 11.3. The van der Waals surface area contributed by atoms with Gasteiger partial charge in [-0.3, -0.25) is 9.97 Å². The van der Waals surface area contributed by atoms with E-state index < -0.39 is 0 Å². The number of fused-ring (bicyclic) bond motifs is 1. The minimum atomic E-state index is -0.356. The van der Waals surface area contributed by atoms with Crippen molar-refractivity contribution in [3.05, 3.63) is 96.7 Å². The first-order valence-electron chi connectivity index (χ1n) is 11.0. The molecule has 168 valence electrons. The van der Waals surface area contributed by atoms with E-state index in [1.165, 1.54) is 12.3 Å². The van der Waals surface area contributed by atoms with Crippen LogP contribution >= 0.6 is 0 Å². The lowest BCUT2D eigenvalue weighted by Gasteiger charge is -2.17. The zero-order valence-corrected chi connectivity index (χ0v) is 18.6. The van der Waals surface area contributed by atoms with E-state index in [4.69, 9.17) is 15.7 Å². The van der Waals surface area contributed by atoms with Crippen LogP contribution in [0, 0.1) is 5.82 Å². The molecule has 5 rings (SSSR count). The first kappa shape index (κ1) is 21.5. The summed E-state index contributed by atoms with van der Waals surface area (Å²) >= 11 is 0. The largest absolute Gasteiger partial charge is 0.381 e. The lowest BCUT2D eigenvalue weighted by atomic mass is 10.0. The van der Waals surface area contributed by atoms with Gasteiger partial charge in [0.15, 0.2) is 11.6 Å². The predicted octanol–water partition coefficient (Wildman–Crippen LogP) is 5.69. The van der Waals surface area contributed by atoms with Crippen LogP contribution in [0.2, 0.25) is 0 Å². The predicted molar refractivity (Wildman–Crippen MR) is 134 cm³/mol. The van der Waals surface area contributed by atoms with E-state index in [1.54, 1.807) is 12.3 Å². The molecule has 3 N–H and O–H groups in total. The van der Waals surface area contributed by atoms with Crippen molar-refractivity contribution < 1.29 is 4.39 Å². The summed E-state index contributed by atoms with van der Waals surface area (Å²) in [6.07, 6.45) is 3.00. The molecule has 0 radical (unpaired) electrons. The van der Waals surface area contributed by atoms with Crippen LogP contribution in [-0.2, 0) is 0 Å². The summed E-state index contributed by atoms with van der Waals surface area (Å²) < 4.78 is 13.2. The monoisotopic (exact) mass is 450 g/mol. The Hall–Kier alpha value is -4.39. The highest BCUT2D eigenvalue weighted by atomic mass is 19.1. The molecule has 7 heteroatoms. The van der Waals surface area contributed by atoms with Crippen molar-refractivity contribution >= 4 is 22.5 Å². The number of halogens is 1. The topological polar surface area (TPSA) is 89.6 Å². The number of aromatic nitrogens is 4. The average Bonchev–Trinajstić information content (AvgIpc) is 2.88. The van der Waals surface area contributed by atoms with E-state index in [0.29, 0.717) is 23.9 Å². The second-order valence-electron chi connectivity index (χ2n) is 8.11. The number of pyridine rings is 2. The number of nitrogen functional groups attached to an aromatic ring is 1. The molecule has 3 aromatic heterocycles. The molecule has 0 aliphatic carbocycles. The maximum Gasteiger partial charge on any atom is 0.169 e. The van der Waals surface area contributed by atoms with Crippen LogP contribution in [-0.4, -0.2) is 26.5 Å². The molecule has 3 heterocycles. The van der Waals surface area contributed by atoms with Crippen molar-refractivity contribution in [2.24, 2.45) is 0 Å². The standard InChI is InChI=1S/C27H23FN6/c1-17(22-12-10-21(28)16-31-22)15-32-27-26(29)33-24(18-6-3-2-4-7-18)25(34-27)20-9-11-23-19(14-20)8-5-13-30-23/h2-14,16-17H,15H2,1H3,(H2,29,33)(H,32,34). The molecule has 2 aromatic carbocycles. The highest BCUT2D eigenvalue weighted by molar-refractivity contribution is 5.88. The van der Waals surface area contributed by atoms with Crippen LogP contribution in [0.3, 0.4) is 0 Å². The molecule has 6 nitrogen and oxygen atoms in total. The summed E-state index contributed by atoms with van der Waals surface area (Å²) in [6, 6.07) is 22.9. The van der Waals surface area contributed by atoms with Crippen molar-refractivity contribution in [1.29, 1.82) is 0 Å². The van der Waals surface area contributed by atoms with Gasteiger partial charge in [-0.25, -0.2) is 14.4 Å². The lowest BCUT2D eigenvalue weighted by Crippen LogP contribution is -2.14. The van der Waals surface area contributed by atoms with Crippen LogP contribution in [0.4, 0.5) is 16.0 Å². The Labute approximate surface area is 196 Å². The van der Waals surface area contributed by atoms with Gasteiger partial charge in [0.05, 0.1) is 23.1 Å². The Morgan fingerprint density at radius 2 is 1.71 bits per heavy atom. The van der Waals surface area contributed by atoms with Crippen LogP contribution in [0.15, 0.2) is 85.2 Å². The van der Waals surface area contributed by atoms with Crippen LogP contribution in [0.5, 0.6) is 0 Å². The highest BCUT2D eigenvalue weighted by Gasteiger charge is 2.17. The van der Waals surface area contributed by atoms with Gasteiger partial charge in [-0.15, -0.1) is 0 Å². The van der Waals surface area contributed by atoms with E-state index >= 15 is 0 Å². The number of hydrogen-bond acceptors (Lipinski definition) is 6. The first-order chi connectivity index (χ1) is 16.6. The minimum Gasteiger partial charge on any atom is -0.381 e. The quantitative estimate of drug-likeness (QED) is 0.345. The van der Waals surface area contributed by atoms with Crippen molar-refractivity contribution in [2.45, 2.75) is 12.8 Å². The molecule has 0 amide bonds. The first-order valence-corrected chi connectivity index (χ1v) is 11.0. The number of rotatable bonds is 6. The van der Waals surface area contributed by atoms with Gasteiger partial charge in [0.2, 0.25) is 0 Å². The SMILES string of the molecule is CC(CNc1nc(-c2ccc3ncccc3c2)c(-c2ccccc2)nc1N)c1ccc(F)cn1. The summed E-state index contributed by atoms with van der Waals surface area (Å²) in [6.45, 7) is 2.52. The zero-order valence-electron chi connectivity index (χ0n) is 18.6. The van der Waals surface area contributed by atoms with Gasteiger partial charge in [0.25, 0.3) is 0 Å². The molecule has 5 aromatic rings. The number of anilines is 2. The number of nitrogens with one attached hydrogen (secondary N) is 1. The number of hydrogen-bond donors (Lipinski definition) is 2. The van der Waals surface area contributed by atoms with Crippen molar-refractivity contribution in [3.63, 3.8) is 0 Å². The molecule has 0 fully saturated rings. The van der Waals surface area contributed by atoms with E-state index in [1.807, 2.05) is 61.5 Å². The van der Waals surface area contributed by atoms with E-state index in [2.05, 4.69) is 21.4 Å². The molecule has 0 saturated heterocycles. The molecular weight excluding hydrogens is 427 g/mol. The third kappa shape index (κ3) is 4.41. The Bertz CT molecular complexity index is 1440. The molecule has 0 bridgehead atoms. The van der Waals surface area contributed by atoms with Crippen LogP contribution < -0.4 is 11.1 Å². The molecule has 0 spiro atoms. The number of nitrogens with zero attached hydrogens (tertiary/aromatic N) is 4. The Morgan fingerprint density at radius 3 is 2.50 bits per heavy atom. The lowest BCUT2D eigenvalue weighted by molar-refractivity contribution is 0.616. The highest BCUT2D eigenvalue weighted by Crippen LogP contribution is 2.33. The number of nitrogens with two attached hydrogens (primary N) is 1. The third-order valence-electron chi connectivity index (χ3n) is 5.68. The van der Waals surface area contributed by atoms with Gasteiger partial charge in [-0.05, 0) is 30.3 Å². The smallest absolute Gasteiger partial charge is 0.169 e. The van der Waals surface area contributed by atoms with E-state index in [0.717, 1.165) is 33.4 Å². The fraction of sp³-hybridized carbons (Fsp3) is 0.111. The Morgan fingerprint density at radius 1 is 0.882 bits per heavy atom. The molecule has 0 saturated carbocycles. The fourth-order valence-corrected chi connectivity index (χ4v) is 3.83. The Kier molecular flexibility index (Phi) is 5.82. The van der Waals surface area contributed by atoms with Crippen LogP contribution in [0.25, 0.3) is 33.4 Å². The summed E-state index contributed by atoms with van der Waals surface area (Å²) in [7, 11) is 0. The van der Waals surface area contributed by atoms with Gasteiger partial charge in [0, 0.05) is 40.9 Å². The van der Waals surface area contributed by atoms with E-state index in [-0.39, 0.29) is 11.7 Å². The van der Waals surface area contributed by atoms with Crippen molar-refractivity contribution in [1.82, 2.24) is 19.9 Å². The zero-order chi connectivity index (χ0) is 23.5. The molecular formula is C27H23FN6. The Balaban J connectivity index is 1.53. The fourth-order valence-electron chi connectivity index (χ4n) is 3.83. The van der Waals surface area contributed by atoms with Gasteiger partial charge < -0.3 is 11.1 Å². The molecule has 34 heavy (non-hydrogen) atoms. The number of benzene rings is 2. The van der Waals surface area contributed by atoms with Gasteiger partial charge in [0.1, 0.15) is 5.82 Å². The second-order valence-corrected chi connectivity index (χ2v) is 8.11. The molecule has 0 aliphatic heterocycles. The minimum absolute atomic E-state index is 0.0193.